The van der Waals surface area contributed by atoms with Gasteiger partial charge in [0.2, 0.25) is 10.0 Å². The molecule has 0 amide bonds. The van der Waals surface area contributed by atoms with Crippen molar-refractivity contribution < 1.29 is 22.3 Å². The molecule has 5 nitrogen and oxygen atoms in total. The number of sulfonamides is 1. The monoisotopic (exact) mass is 351 g/mol. The quantitative estimate of drug-likeness (QED) is 0.777. The lowest BCUT2D eigenvalue weighted by Gasteiger charge is -2.13. The van der Waals surface area contributed by atoms with Crippen LogP contribution in [0.2, 0.25) is 0 Å². The number of nitrogens with zero attached hydrogens (tertiary/aromatic N) is 1. The molecule has 0 unspecified atom stereocenters. The summed E-state index contributed by atoms with van der Waals surface area (Å²) in [6.07, 6.45) is 0. The van der Waals surface area contributed by atoms with E-state index in [0.29, 0.717) is 11.1 Å². The fourth-order valence-electron chi connectivity index (χ4n) is 2.05. The number of aryl methyl sites for hydroxylation is 1. The Balaban J connectivity index is 2.23. The predicted molar refractivity (Wildman–Crippen MR) is 87.6 cm³/mol. The summed E-state index contributed by atoms with van der Waals surface area (Å²) in [5.74, 6) is -1.08. The Morgan fingerprint density at radius 2 is 1.88 bits per heavy atom. The molecule has 2 rings (SSSR count). The zero-order valence-corrected chi connectivity index (χ0v) is 14.4. The molecule has 0 aliphatic rings. The minimum atomic E-state index is -3.65. The number of halogens is 1. The summed E-state index contributed by atoms with van der Waals surface area (Å²) in [6, 6.07) is 10.0. The fraction of sp³-hybridized carbons (Fsp3) is 0.235. The van der Waals surface area contributed by atoms with E-state index in [9.17, 15) is 17.6 Å². The fourth-order valence-corrected chi connectivity index (χ4v) is 2.97. The van der Waals surface area contributed by atoms with E-state index in [0.717, 1.165) is 4.31 Å². The van der Waals surface area contributed by atoms with Crippen molar-refractivity contribution in [2.75, 3.05) is 14.1 Å². The van der Waals surface area contributed by atoms with Crippen LogP contribution in [0.3, 0.4) is 0 Å². The van der Waals surface area contributed by atoms with Gasteiger partial charge in [0.05, 0.1) is 10.5 Å². The molecule has 0 N–H and O–H groups in total. The van der Waals surface area contributed by atoms with Crippen molar-refractivity contribution in [3.8, 4) is 0 Å². The number of carbonyl (C=O) groups is 1. The summed E-state index contributed by atoms with van der Waals surface area (Å²) in [7, 11) is -0.819. The summed E-state index contributed by atoms with van der Waals surface area (Å²) in [4.78, 5) is 12.3. The molecule has 128 valence electrons. The summed E-state index contributed by atoms with van der Waals surface area (Å²) in [5.41, 5.74) is 1.27. The second-order valence-corrected chi connectivity index (χ2v) is 7.62. The maximum atomic E-state index is 13.1. The number of hydrogen-bond donors (Lipinski definition) is 0. The molecule has 0 aromatic heterocycles. The predicted octanol–water partition coefficient (Wildman–Crippen LogP) is 2.74. The van der Waals surface area contributed by atoms with Crippen LogP contribution < -0.4 is 0 Å². The highest BCUT2D eigenvalue weighted by Gasteiger charge is 2.20. The van der Waals surface area contributed by atoms with E-state index in [1.807, 2.05) is 0 Å². The largest absolute Gasteiger partial charge is 0.457 e. The Morgan fingerprint density at radius 3 is 2.50 bits per heavy atom. The van der Waals surface area contributed by atoms with Crippen molar-refractivity contribution in [3.05, 3.63) is 65.0 Å². The third kappa shape index (κ3) is 3.98. The second kappa shape index (κ2) is 7.11. The Bertz CT molecular complexity index is 863. The molecule has 24 heavy (non-hydrogen) atoms. The van der Waals surface area contributed by atoms with Crippen molar-refractivity contribution >= 4 is 16.0 Å². The Kier molecular flexibility index (Phi) is 5.36. The van der Waals surface area contributed by atoms with Gasteiger partial charge in [0.25, 0.3) is 0 Å². The topological polar surface area (TPSA) is 63.7 Å². The maximum Gasteiger partial charge on any atom is 0.338 e. The van der Waals surface area contributed by atoms with Crippen molar-refractivity contribution in [1.82, 2.24) is 4.31 Å². The first-order chi connectivity index (χ1) is 11.2. The molecule has 0 spiro atoms. The minimum absolute atomic E-state index is 0.0100. The summed E-state index contributed by atoms with van der Waals surface area (Å²) in [6.45, 7) is 1.59. The zero-order chi connectivity index (χ0) is 17.9. The molecule has 0 saturated heterocycles. The van der Waals surface area contributed by atoms with Crippen LogP contribution in [0.1, 0.15) is 21.5 Å². The second-order valence-electron chi connectivity index (χ2n) is 5.47. The number of rotatable bonds is 5. The molecule has 0 heterocycles. The highest BCUT2D eigenvalue weighted by molar-refractivity contribution is 7.89. The summed E-state index contributed by atoms with van der Waals surface area (Å²) >= 11 is 0. The Labute approximate surface area is 140 Å². The van der Waals surface area contributed by atoms with E-state index < -0.39 is 21.8 Å². The number of esters is 1. The van der Waals surface area contributed by atoms with Gasteiger partial charge in [-0.25, -0.2) is 21.9 Å². The minimum Gasteiger partial charge on any atom is -0.457 e. The van der Waals surface area contributed by atoms with Gasteiger partial charge in [0.15, 0.2) is 0 Å². The highest BCUT2D eigenvalue weighted by atomic mass is 32.2. The average Bonchev–Trinajstić information content (AvgIpc) is 2.52. The van der Waals surface area contributed by atoms with Crippen LogP contribution in [-0.2, 0) is 21.4 Å². The molecule has 7 heteroatoms. The molecular formula is C17H18FNO4S. The first-order valence-electron chi connectivity index (χ1n) is 7.16. The third-order valence-corrected chi connectivity index (χ3v) is 5.28. The summed E-state index contributed by atoms with van der Waals surface area (Å²) < 4.78 is 43.7. The van der Waals surface area contributed by atoms with Gasteiger partial charge in [-0.2, -0.15) is 0 Å². The zero-order valence-electron chi connectivity index (χ0n) is 13.6. The van der Waals surface area contributed by atoms with E-state index in [-0.39, 0.29) is 17.1 Å². The normalized spacial score (nSPS) is 11.5. The third-order valence-electron chi connectivity index (χ3n) is 3.47. The van der Waals surface area contributed by atoms with Gasteiger partial charge >= 0.3 is 5.97 Å². The van der Waals surface area contributed by atoms with Crippen molar-refractivity contribution in [2.45, 2.75) is 18.4 Å². The molecule has 0 fully saturated rings. The van der Waals surface area contributed by atoms with E-state index >= 15 is 0 Å². The molecule has 0 bridgehead atoms. The van der Waals surface area contributed by atoms with Gasteiger partial charge in [-0.1, -0.05) is 18.2 Å². The molecule has 2 aromatic carbocycles. The Hall–Kier alpha value is -2.25. The van der Waals surface area contributed by atoms with Crippen molar-refractivity contribution in [1.29, 1.82) is 0 Å². The van der Waals surface area contributed by atoms with Gasteiger partial charge in [-0.3, -0.25) is 0 Å². The van der Waals surface area contributed by atoms with Crippen molar-refractivity contribution in [2.24, 2.45) is 0 Å². The average molecular weight is 351 g/mol. The maximum absolute atomic E-state index is 13.1. The molecule has 0 radical (unpaired) electrons. The van der Waals surface area contributed by atoms with Crippen LogP contribution in [0.25, 0.3) is 0 Å². The lowest BCUT2D eigenvalue weighted by atomic mass is 10.1. The van der Waals surface area contributed by atoms with Gasteiger partial charge in [0, 0.05) is 14.1 Å². The molecule has 0 atom stereocenters. The van der Waals surface area contributed by atoms with Crippen LogP contribution in [0.15, 0.2) is 47.4 Å². The van der Waals surface area contributed by atoms with E-state index in [1.54, 1.807) is 19.1 Å². The molecular weight excluding hydrogens is 333 g/mol. The van der Waals surface area contributed by atoms with Crippen LogP contribution in [-0.4, -0.2) is 32.8 Å². The molecule has 0 aliphatic heterocycles. The van der Waals surface area contributed by atoms with Crippen molar-refractivity contribution in [3.63, 3.8) is 0 Å². The van der Waals surface area contributed by atoms with E-state index in [1.165, 1.54) is 44.4 Å². The highest BCUT2D eigenvalue weighted by Crippen LogP contribution is 2.19. The number of benzene rings is 2. The number of ether oxygens (including phenoxy) is 1. The standard InChI is InChI=1S/C17H18FNO4S/c1-12-7-8-15(24(21,22)19(2)3)10-16(12)17(20)23-11-13-5-4-6-14(18)9-13/h4-10H,11H2,1-3H3. The van der Waals surface area contributed by atoms with Crippen LogP contribution >= 0.6 is 0 Å². The lowest BCUT2D eigenvalue weighted by Crippen LogP contribution is -2.22. The lowest BCUT2D eigenvalue weighted by molar-refractivity contribution is 0.0471. The number of hydrogen-bond acceptors (Lipinski definition) is 4. The van der Waals surface area contributed by atoms with Crippen LogP contribution in [0.4, 0.5) is 4.39 Å². The first kappa shape index (κ1) is 18.1. The summed E-state index contributed by atoms with van der Waals surface area (Å²) in [5, 5.41) is 0. The SMILES string of the molecule is Cc1ccc(S(=O)(=O)N(C)C)cc1C(=O)OCc1cccc(F)c1. The van der Waals surface area contributed by atoms with Gasteiger partial charge in [-0.15, -0.1) is 0 Å². The van der Waals surface area contributed by atoms with Crippen LogP contribution in [0.5, 0.6) is 0 Å². The molecule has 2 aromatic rings. The first-order valence-corrected chi connectivity index (χ1v) is 8.60. The van der Waals surface area contributed by atoms with Crippen LogP contribution in [0, 0.1) is 12.7 Å². The van der Waals surface area contributed by atoms with Gasteiger partial charge < -0.3 is 4.74 Å². The van der Waals surface area contributed by atoms with Gasteiger partial charge in [0.1, 0.15) is 12.4 Å². The van der Waals surface area contributed by atoms with E-state index in [2.05, 4.69) is 0 Å². The number of carbonyl (C=O) groups excluding carboxylic acids is 1. The molecule has 0 aliphatic carbocycles. The molecule has 0 saturated carbocycles. The van der Waals surface area contributed by atoms with Gasteiger partial charge in [-0.05, 0) is 42.3 Å². The van der Waals surface area contributed by atoms with E-state index in [4.69, 9.17) is 4.74 Å². The Morgan fingerprint density at radius 1 is 1.17 bits per heavy atom. The smallest absolute Gasteiger partial charge is 0.338 e.